The molecule has 1 unspecified atom stereocenters. The minimum atomic E-state index is -0.342. The lowest BCUT2D eigenvalue weighted by Gasteiger charge is -2.10. The maximum absolute atomic E-state index is 12.6. The van der Waals surface area contributed by atoms with Gasteiger partial charge in [0.25, 0.3) is 0 Å². The van der Waals surface area contributed by atoms with E-state index in [9.17, 15) is 4.79 Å². The molecule has 1 N–H and O–H groups in total. The number of amides is 1. The molecule has 146 valence electrons. The Bertz CT molecular complexity index is 1110. The molecule has 29 heavy (non-hydrogen) atoms. The number of carbonyl (C=O) groups is 1. The standard InChI is InChI=1S/C21H19N5OS2/c1-14(29-21-25-24-18(26(21)2)16-11-7-4-8-12-16)19(27)23-20-22-17(13-28-20)15-9-5-3-6-10-15/h3-14H,1-2H3,(H,22,23,27). The summed E-state index contributed by atoms with van der Waals surface area (Å²) in [5.41, 5.74) is 2.87. The zero-order valence-electron chi connectivity index (χ0n) is 15.9. The first-order valence-electron chi connectivity index (χ1n) is 9.05. The summed E-state index contributed by atoms with van der Waals surface area (Å²) >= 11 is 2.79. The maximum Gasteiger partial charge on any atom is 0.239 e. The molecule has 4 rings (SSSR count). The molecule has 0 bridgehead atoms. The molecule has 0 saturated heterocycles. The summed E-state index contributed by atoms with van der Waals surface area (Å²) in [4.78, 5) is 17.1. The van der Waals surface area contributed by atoms with E-state index in [0.29, 0.717) is 10.3 Å². The summed E-state index contributed by atoms with van der Waals surface area (Å²) in [5, 5.41) is 14.3. The summed E-state index contributed by atoms with van der Waals surface area (Å²) in [6.45, 7) is 1.85. The van der Waals surface area contributed by atoms with Gasteiger partial charge in [-0.05, 0) is 6.92 Å². The van der Waals surface area contributed by atoms with Crippen molar-refractivity contribution in [3.8, 4) is 22.6 Å². The smallest absolute Gasteiger partial charge is 0.239 e. The highest BCUT2D eigenvalue weighted by Crippen LogP contribution is 2.28. The number of rotatable bonds is 6. The van der Waals surface area contributed by atoms with E-state index in [1.807, 2.05) is 84.6 Å². The number of carbonyl (C=O) groups excluding carboxylic acids is 1. The Kier molecular flexibility index (Phi) is 5.73. The fourth-order valence-electron chi connectivity index (χ4n) is 2.75. The van der Waals surface area contributed by atoms with Gasteiger partial charge in [-0.3, -0.25) is 4.79 Å². The van der Waals surface area contributed by atoms with Crippen LogP contribution in [0, 0.1) is 0 Å². The SMILES string of the molecule is CC(Sc1nnc(-c2ccccc2)n1C)C(=O)Nc1nc(-c2ccccc2)cs1. The average Bonchev–Trinajstić information content (AvgIpc) is 3.36. The molecule has 1 atom stereocenters. The zero-order valence-corrected chi connectivity index (χ0v) is 17.6. The number of thiazole rings is 1. The van der Waals surface area contributed by atoms with Crippen LogP contribution in [0.4, 0.5) is 5.13 Å². The van der Waals surface area contributed by atoms with Gasteiger partial charge in [-0.2, -0.15) is 0 Å². The van der Waals surface area contributed by atoms with Gasteiger partial charge in [-0.25, -0.2) is 4.98 Å². The van der Waals surface area contributed by atoms with Crippen LogP contribution < -0.4 is 5.32 Å². The van der Waals surface area contributed by atoms with Crippen LogP contribution in [0.2, 0.25) is 0 Å². The first-order valence-corrected chi connectivity index (χ1v) is 10.8. The normalized spacial score (nSPS) is 11.9. The van der Waals surface area contributed by atoms with Crippen molar-refractivity contribution in [2.24, 2.45) is 7.05 Å². The Morgan fingerprint density at radius 3 is 2.38 bits per heavy atom. The van der Waals surface area contributed by atoms with Crippen LogP contribution in [0.1, 0.15) is 6.92 Å². The number of benzene rings is 2. The summed E-state index contributed by atoms with van der Waals surface area (Å²) < 4.78 is 1.90. The molecule has 0 aliphatic heterocycles. The molecule has 0 aliphatic rings. The van der Waals surface area contributed by atoms with Gasteiger partial charge in [-0.15, -0.1) is 21.5 Å². The van der Waals surface area contributed by atoms with Crippen LogP contribution in [0.25, 0.3) is 22.6 Å². The van der Waals surface area contributed by atoms with Gasteiger partial charge >= 0.3 is 0 Å². The zero-order chi connectivity index (χ0) is 20.2. The second kappa shape index (κ2) is 8.59. The summed E-state index contributed by atoms with van der Waals surface area (Å²) in [6, 6.07) is 19.8. The van der Waals surface area contributed by atoms with E-state index in [0.717, 1.165) is 22.6 Å². The number of hydrogen-bond acceptors (Lipinski definition) is 6. The van der Waals surface area contributed by atoms with Crippen molar-refractivity contribution in [1.82, 2.24) is 19.7 Å². The van der Waals surface area contributed by atoms with Gasteiger partial charge < -0.3 is 9.88 Å². The van der Waals surface area contributed by atoms with E-state index in [2.05, 4.69) is 20.5 Å². The fourth-order valence-corrected chi connectivity index (χ4v) is 4.28. The van der Waals surface area contributed by atoms with Gasteiger partial charge in [0, 0.05) is 23.6 Å². The molecule has 0 aliphatic carbocycles. The number of hydrogen-bond donors (Lipinski definition) is 1. The second-order valence-electron chi connectivity index (χ2n) is 6.38. The molecule has 2 aromatic heterocycles. The Hall–Kier alpha value is -2.97. The van der Waals surface area contributed by atoms with Crippen molar-refractivity contribution in [1.29, 1.82) is 0 Å². The summed E-state index contributed by atoms with van der Waals surface area (Å²) in [6.07, 6.45) is 0. The highest BCUT2D eigenvalue weighted by Gasteiger charge is 2.20. The molecular formula is C21H19N5OS2. The van der Waals surface area contributed by atoms with Gasteiger partial charge in [0.2, 0.25) is 5.91 Å². The predicted molar refractivity (Wildman–Crippen MR) is 118 cm³/mol. The molecular weight excluding hydrogens is 402 g/mol. The highest BCUT2D eigenvalue weighted by molar-refractivity contribution is 8.00. The molecule has 8 heteroatoms. The third kappa shape index (κ3) is 4.38. The van der Waals surface area contributed by atoms with Crippen LogP contribution in [-0.2, 0) is 11.8 Å². The topological polar surface area (TPSA) is 72.7 Å². The largest absolute Gasteiger partial charge is 0.305 e. The van der Waals surface area contributed by atoms with Crippen LogP contribution in [-0.4, -0.2) is 30.9 Å². The first kappa shape index (κ1) is 19.4. The molecule has 4 aromatic rings. The number of aromatic nitrogens is 4. The molecule has 0 spiro atoms. The van der Waals surface area contributed by atoms with Crippen molar-refractivity contribution in [3.05, 3.63) is 66.0 Å². The predicted octanol–water partition coefficient (Wildman–Crippen LogP) is 4.72. The van der Waals surface area contributed by atoms with Crippen molar-refractivity contribution in [2.75, 3.05) is 5.32 Å². The van der Waals surface area contributed by atoms with E-state index < -0.39 is 0 Å². The second-order valence-corrected chi connectivity index (χ2v) is 8.55. The van der Waals surface area contributed by atoms with Crippen molar-refractivity contribution >= 4 is 34.1 Å². The Morgan fingerprint density at radius 2 is 1.69 bits per heavy atom. The van der Waals surface area contributed by atoms with E-state index in [1.165, 1.54) is 23.1 Å². The lowest BCUT2D eigenvalue weighted by molar-refractivity contribution is -0.115. The number of thioether (sulfide) groups is 1. The van der Waals surface area contributed by atoms with E-state index in [1.54, 1.807) is 0 Å². The highest BCUT2D eigenvalue weighted by atomic mass is 32.2. The molecule has 2 aromatic carbocycles. The van der Waals surface area contributed by atoms with Crippen LogP contribution >= 0.6 is 23.1 Å². The van der Waals surface area contributed by atoms with Crippen molar-refractivity contribution < 1.29 is 4.79 Å². The van der Waals surface area contributed by atoms with E-state index in [4.69, 9.17) is 0 Å². The Balaban J connectivity index is 1.42. The summed E-state index contributed by atoms with van der Waals surface area (Å²) in [5.74, 6) is 0.654. The lowest BCUT2D eigenvalue weighted by atomic mass is 10.2. The first-order chi connectivity index (χ1) is 14.1. The third-order valence-electron chi connectivity index (χ3n) is 4.32. The molecule has 0 fully saturated rings. The Labute approximate surface area is 177 Å². The molecule has 0 saturated carbocycles. The maximum atomic E-state index is 12.6. The number of nitrogens with zero attached hydrogens (tertiary/aromatic N) is 4. The van der Waals surface area contributed by atoms with Gasteiger partial charge in [0.05, 0.1) is 10.9 Å². The van der Waals surface area contributed by atoms with E-state index >= 15 is 0 Å². The number of anilines is 1. The van der Waals surface area contributed by atoms with Gasteiger partial charge in [-0.1, -0.05) is 72.4 Å². The van der Waals surface area contributed by atoms with Crippen LogP contribution in [0.3, 0.4) is 0 Å². The monoisotopic (exact) mass is 421 g/mol. The molecule has 2 heterocycles. The minimum absolute atomic E-state index is 0.117. The van der Waals surface area contributed by atoms with Crippen molar-refractivity contribution in [2.45, 2.75) is 17.3 Å². The van der Waals surface area contributed by atoms with Crippen LogP contribution in [0.15, 0.2) is 71.2 Å². The summed E-state index contributed by atoms with van der Waals surface area (Å²) in [7, 11) is 1.91. The Morgan fingerprint density at radius 1 is 1.03 bits per heavy atom. The average molecular weight is 422 g/mol. The molecule has 0 radical (unpaired) electrons. The van der Waals surface area contributed by atoms with Gasteiger partial charge in [0.15, 0.2) is 16.1 Å². The van der Waals surface area contributed by atoms with E-state index in [-0.39, 0.29) is 11.2 Å². The molecule has 1 amide bonds. The van der Waals surface area contributed by atoms with Crippen molar-refractivity contribution in [3.63, 3.8) is 0 Å². The van der Waals surface area contributed by atoms with Gasteiger partial charge in [0.1, 0.15) is 0 Å². The fraction of sp³-hybridized carbons (Fsp3) is 0.143. The minimum Gasteiger partial charge on any atom is -0.305 e. The third-order valence-corrected chi connectivity index (χ3v) is 6.21. The van der Waals surface area contributed by atoms with Crippen LogP contribution in [0.5, 0.6) is 0 Å². The quantitative estimate of drug-likeness (QED) is 0.456. The lowest BCUT2D eigenvalue weighted by Crippen LogP contribution is -2.22. The molecule has 6 nitrogen and oxygen atoms in total. The number of nitrogens with one attached hydrogen (secondary N) is 1.